The van der Waals surface area contributed by atoms with E-state index in [0.717, 1.165) is 16.9 Å². The number of rotatable bonds is 6. The number of para-hydroxylation sites is 1. The third-order valence-corrected chi connectivity index (χ3v) is 3.50. The van der Waals surface area contributed by atoms with Gasteiger partial charge in [-0.2, -0.15) is 5.26 Å². The summed E-state index contributed by atoms with van der Waals surface area (Å²) in [5, 5.41) is 11.9. The number of ether oxygens (including phenoxy) is 1. The first-order chi connectivity index (χ1) is 10.7. The van der Waals surface area contributed by atoms with Crippen LogP contribution in [-0.4, -0.2) is 0 Å². The van der Waals surface area contributed by atoms with E-state index >= 15 is 0 Å². The number of hydrogen-bond acceptors (Lipinski definition) is 4. The summed E-state index contributed by atoms with van der Waals surface area (Å²) < 4.78 is 5.91. The summed E-state index contributed by atoms with van der Waals surface area (Å²) in [6.07, 6.45) is 0. The molecule has 1 atom stereocenters. The van der Waals surface area contributed by atoms with Gasteiger partial charge in [-0.25, -0.2) is 0 Å². The molecule has 0 saturated heterocycles. The van der Waals surface area contributed by atoms with Crippen LogP contribution in [0.5, 0.6) is 5.75 Å². The van der Waals surface area contributed by atoms with Crippen LogP contribution in [0.2, 0.25) is 0 Å². The van der Waals surface area contributed by atoms with Crippen LogP contribution in [0.1, 0.15) is 42.5 Å². The van der Waals surface area contributed by atoms with Crippen LogP contribution in [0.25, 0.3) is 0 Å². The van der Waals surface area contributed by atoms with E-state index in [4.69, 9.17) is 10.00 Å². The molecule has 0 N–H and O–H groups in total. The van der Waals surface area contributed by atoms with E-state index in [1.165, 1.54) is 0 Å². The zero-order chi connectivity index (χ0) is 15.9. The van der Waals surface area contributed by atoms with Gasteiger partial charge in [0, 0.05) is 5.56 Å². The second kappa shape index (κ2) is 7.37. The molecule has 22 heavy (non-hydrogen) atoms. The van der Waals surface area contributed by atoms with Gasteiger partial charge < -0.3 is 4.74 Å². The molecule has 0 aliphatic carbocycles. The first-order valence-electron chi connectivity index (χ1n) is 7.19. The Balaban J connectivity index is 2.23. The summed E-state index contributed by atoms with van der Waals surface area (Å²) in [5.74, 6) is 1.18. The molecule has 4 nitrogen and oxygen atoms in total. The van der Waals surface area contributed by atoms with Crippen molar-refractivity contribution in [1.82, 2.24) is 0 Å². The quantitative estimate of drug-likeness (QED) is 0.724. The van der Waals surface area contributed by atoms with E-state index in [-0.39, 0.29) is 0 Å². The van der Waals surface area contributed by atoms with Crippen molar-refractivity contribution in [3.8, 4) is 11.8 Å². The molecule has 0 heterocycles. The van der Waals surface area contributed by atoms with Crippen molar-refractivity contribution < 1.29 is 4.74 Å². The molecule has 1 unspecified atom stereocenters. The molecule has 4 heteroatoms. The third-order valence-electron chi connectivity index (χ3n) is 3.50. The highest BCUT2D eigenvalue weighted by Gasteiger charge is 2.15. The van der Waals surface area contributed by atoms with Crippen molar-refractivity contribution in [2.75, 3.05) is 0 Å². The molecule has 2 aromatic rings. The Morgan fingerprint density at radius 1 is 1.09 bits per heavy atom. The molecular weight excluding hydrogens is 276 g/mol. The normalized spacial score (nSPS) is 11.7. The average molecular weight is 294 g/mol. The molecular formula is C18H18N2O2. The summed E-state index contributed by atoms with van der Waals surface area (Å²) in [6.45, 7) is 4.52. The molecule has 0 amide bonds. The van der Waals surface area contributed by atoms with Gasteiger partial charge in [0.05, 0.1) is 6.07 Å². The van der Waals surface area contributed by atoms with Crippen LogP contribution < -0.4 is 4.74 Å². The first-order valence-corrected chi connectivity index (χ1v) is 7.19. The highest BCUT2D eigenvalue weighted by Crippen LogP contribution is 2.28. The van der Waals surface area contributed by atoms with Gasteiger partial charge in [0.25, 0.3) is 0 Å². The molecule has 0 aromatic heterocycles. The lowest BCUT2D eigenvalue weighted by Crippen LogP contribution is -2.04. The number of nitroso groups, excluding NO2 is 1. The Morgan fingerprint density at radius 2 is 1.73 bits per heavy atom. The predicted octanol–water partition coefficient (Wildman–Crippen LogP) is 4.72. The largest absolute Gasteiger partial charge is 0.489 e. The van der Waals surface area contributed by atoms with Crippen LogP contribution in [-0.2, 0) is 6.61 Å². The Kier molecular flexibility index (Phi) is 5.26. The molecule has 0 spiro atoms. The maximum absolute atomic E-state index is 10.8. The highest BCUT2D eigenvalue weighted by molar-refractivity contribution is 5.37. The molecule has 0 saturated carbocycles. The zero-order valence-electron chi connectivity index (χ0n) is 12.7. The maximum Gasteiger partial charge on any atom is 0.203 e. The Labute approximate surface area is 130 Å². The second-order valence-electron chi connectivity index (χ2n) is 5.32. The summed E-state index contributed by atoms with van der Waals surface area (Å²) in [4.78, 5) is 10.8. The fraction of sp³-hybridized carbons (Fsp3) is 0.278. The smallest absolute Gasteiger partial charge is 0.203 e. The van der Waals surface area contributed by atoms with Gasteiger partial charge in [-0.3, -0.25) is 0 Å². The molecule has 2 rings (SSSR count). The molecule has 0 aliphatic rings. The third kappa shape index (κ3) is 3.50. The van der Waals surface area contributed by atoms with Crippen molar-refractivity contribution in [1.29, 1.82) is 5.26 Å². The van der Waals surface area contributed by atoms with Crippen LogP contribution in [0.3, 0.4) is 0 Å². The van der Waals surface area contributed by atoms with E-state index in [2.05, 4.69) is 19.0 Å². The highest BCUT2D eigenvalue weighted by atomic mass is 16.5. The SMILES string of the molecule is CC(C)c1ccccc1OCc1ccccc1C(C#N)N=O. The number of nitriles is 1. The number of nitrogens with zero attached hydrogens (tertiary/aromatic N) is 2. The van der Waals surface area contributed by atoms with Crippen molar-refractivity contribution in [2.24, 2.45) is 5.18 Å². The summed E-state index contributed by atoms with van der Waals surface area (Å²) in [7, 11) is 0. The van der Waals surface area contributed by atoms with Crippen LogP contribution in [0.4, 0.5) is 0 Å². The van der Waals surface area contributed by atoms with Crippen molar-refractivity contribution in [2.45, 2.75) is 32.4 Å². The lowest BCUT2D eigenvalue weighted by atomic mass is 10.0. The minimum Gasteiger partial charge on any atom is -0.489 e. The zero-order valence-corrected chi connectivity index (χ0v) is 12.7. The second-order valence-corrected chi connectivity index (χ2v) is 5.32. The summed E-state index contributed by atoms with van der Waals surface area (Å²) >= 11 is 0. The van der Waals surface area contributed by atoms with Gasteiger partial charge in [0.2, 0.25) is 6.04 Å². The Hall–Kier alpha value is -2.67. The van der Waals surface area contributed by atoms with E-state index in [1.54, 1.807) is 12.1 Å². The monoisotopic (exact) mass is 294 g/mol. The fourth-order valence-electron chi connectivity index (χ4n) is 2.33. The van der Waals surface area contributed by atoms with E-state index in [9.17, 15) is 4.91 Å². The van der Waals surface area contributed by atoms with Crippen molar-refractivity contribution in [3.05, 3.63) is 70.1 Å². The van der Waals surface area contributed by atoms with E-state index < -0.39 is 6.04 Å². The lowest BCUT2D eigenvalue weighted by Gasteiger charge is -2.15. The first kappa shape index (κ1) is 15.7. The minimum absolute atomic E-state index is 0.299. The van der Waals surface area contributed by atoms with Gasteiger partial charge in [-0.05, 0) is 28.3 Å². The molecule has 0 bridgehead atoms. The summed E-state index contributed by atoms with van der Waals surface area (Å²) in [5.41, 5.74) is 2.53. The van der Waals surface area contributed by atoms with Gasteiger partial charge in [-0.1, -0.05) is 56.3 Å². The van der Waals surface area contributed by atoms with Gasteiger partial charge in [0.15, 0.2) is 0 Å². The van der Waals surface area contributed by atoms with Crippen molar-refractivity contribution >= 4 is 0 Å². The standard InChI is InChI=1S/C18H18N2O2/c1-13(2)15-8-5-6-10-18(15)22-12-14-7-3-4-9-16(14)17(11-19)20-21/h3-10,13,17H,12H2,1-2H3. The maximum atomic E-state index is 10.8. The molecule has 0 radical (unpaired) electrons. The van der Waals surface area contributed by atoms with Crippen LogP contribution in [0.15, 0.2) is 53.7 Å². The molecule has 0 fully saturated rings. The molecule has 112 valence electrons. The average Bonchev–Trinajstić information content (AvgIpc) is 2.55. The summed E-state index contributed by atoms with van der Waals surface area (Å²) in [6, 6.07) is 16.0. The van der Waals surface area contributed by atoms with Crippen LogP contribution in [0, 0.1) is 16.2 Å². The Morgan fingerprint density at radius 3 is 2.36 bits per heavy atom. The predicted molar refractivity (Wildman–Crippen MR) is 85.5 cm³/mol. The Bertz CT molecular complexity index is 689. The molecule has 0 aliphatic heterocycles. The number of hydrogen-bond donors (Lipinski definition) is 0. The minimum atomic E-state index is -1.000. The van der Waals surface area contributed by atoms with Gasteiger partial charge in [0.1, 0.15) is 12.4 Å². The topological polar surface area (TPSA) is 62.4 Å². The fourth-order valence-corrected chi connectivity index (χ4v) is 2.33. The lowest BCUT2D eigenvalue weighted by molar-refractivity contribution is 0.300. The number of benzene rings is 2. The van der Waals surface area contributed by atoms with Crippen LogP contribution >= 0.6 is 0 Å². The van der Waals surface area contributed by atoms with Crippen molar-refractivity contribution in [3.63, 3.8) is 0 Å². The van der Waals surface area contributed by atoms with E-state index in [0.29, 0.717) is 18.1 Å². The van der Waals surface area contributed by atoms with Gasteiger partial charge in [-0.15, -0.1) is 4.91 Å². The van der Waals surface area contributed by atoms with Gasteiger partial charge >= 0.3 is 0 Å². The van der Waals surface area contributed by atoms with E-state index in [1.807, 2.05) is 42.5 Å². The molecule has 2 aromatic carbocycles.